The van der Waals surface area contributed by atoms with E-state index >= 15 is 0 Å². The lowest BCUT2D eigenvalue weighted by atomic mass is 10.1. The molecule has 142 valence electrons. The molecule has 0 bridgehead atoms. The number of hydrogen-bond donors (Lipinski definition) is 0. The van der Waals surface area contributed by atoms with Crippen molar-refractivity contribution >= 4 is 17.6 Å². The van der Waals surface area contributed by atoms with Crippen molar-refractivity contribution in [3.63, 3.8) is 0 Å². The Morgan fingerprint density at radius 2 is 1.79 bits per heavy atom. The molecule has 1 aromatic heterocycles. The molecule has 8 heteroatoms. The van der Waals surface area contributed by atoms with Crippen molar-refractivity contribution in [3.8, 4) is 34.5 Å². The smallest absolute Gasteiger partial charge is 0.358 e. The van der Waals surface area contributed by atoms with Gasteiger partial charge in [0.1, 0.15) is 17.6 Å². The van der Waals surface area contributed by atoms with Crippen LogP contribution in [0.4, 0.5) is 0 Å². The van der Waals surface area contributed by atoms with Crippen molar-refractivity contribution in [1.82, 2.24) is 9.78 Å². The summed E-state index contributed by atoms with van der Waals surface area (Å²) in [4.78, 5) is 12.1. The largest absolute Gasteiger partial charge is 0.496 e. The number of carbonyl (C=O) groups excluding carboxylic acids is 1. The van der Waals surface area contributed by atoms with Crippen LogP contribution in [0.2, 0.25) is 5.02 Å². The molecule has 7 nitrogen and oxygen atoms in total. The molecule has 0 fully saturated rings. The van der Waals surface area contributed by atoms with Crippen molar-refractivity contribution in [3.05, 3.63) is 58.7 Å². The molecule has 0 spiro atoms. The Morgan fingerprint density at radius 1 is 1.11 bits per heavy atom. The number of esters is 1. The number of nitrogens with zero attached hydrogens (tertiary/aromatic N) is 3. The van der Waals surface area contributed by atoms with Gasteiger partial charge >= 0.3 is 5.97 Å². The van der Waals surface area contributed by atoms with Gasteiger partial charge in [0.2, 0.25) is 0 Å². The minimum atomic E-state index is -0.589. The maximum absolute atomic E-state index is 12.1. The quantitative estimate of drug-likeness (QED) is 0.607. The third kappa shape index (κ3) is 3.38. The van der Waals surface area contributed by atoms with Gasteiger partial charge in [0.05, 0.1) is 48.9 Å². The Morgan fingerprint density at radius 3 is 2.32 bits per heavy atom. The third-order valence-corrected chi connectivity index (χ3v) is 4.42. The zero-order chi connectivity index (χ0) is 20.3. The van der Waals surface area contributed by atoms with Crippen LogP contribution in [-0.4, -0.2) is 37.1 Å². The van der Waals surface area contributed by atoms with Gasteiger partial charge in [0.25, 0.3) is 0 Å². The number of aromatic nitrogens is 2. The molecule has 3 aromatic rings. The highest BCUT2D eigenvalue weighted by Crippen LogP contribution is 2.39. The van der Waals surface area contributed by atoms with Crippen molar-refractivity contribution < 1.29 is 19.0 Å². The molecule has 0 N–H and O–H groups in total. The summed E-state index contributed by atoms with van der Waals surface area (Å²) in [5, 5.41) is 13.7. The number of hydrogen-bond acceptors (Lipinski definition) is 6. The molecular weight excluding hydrogens is 382 g/mol. The lowest BCUT2D eigenvalue weighted by molar-refractivity contribution is 0.0593. The molecule has 2 aromatic carbocycles. The molecule has 0 amide bonds. The first-order chi connectivity index (χ1) is 13.5. The second-order valence-electron chi connectivity index (χ2n) is 5.63. The molecule has 0 aliphatic carbocycles. The van der Waals surface area contributed by atoms with E-state index in [9.17, 15) is 4.79 Å². The van der Waals surface area contributed by atoms with E-state index in [-0.39, 0.29) is 10.7 Å². The minimum Gasteiger partial charge on any atom is -0.496 e. The van der Waals surface area contributed by atoms with Gasteiger partial charge in [0, 0.05) is 0 Å². The average molecular weight is 398 g/mol. The highest BCUT2D eigenvalue weighted by atomic mass is 35.5. The first-order valence-electron chi connectivity index (χ1n) is 8.13. The van der Waals surface area contributed by atoms with Crippen molar-refractivity contribution in [1.29, 1.82) is 5.26 Å². The summed E-state index contributed by atoms with van der Waals surface area (Å²) >= 11 is 6.19. The molecule has 0 saturated carbocycles. The van der Waals surface area contributed by atoms with E-state index in [2.05, 4.69) is 5.10 Å². The summed E-state index contributed by atoms with van der Waals surface area (Å²) in [5.74, 6) is 0.488. The van der Waals surface area contributed by atoms with E-state index in [0.717, 1.165) is 0 Å². The molecule has 1 heterocycles. The zero-order valence-electron chi connectivity index (χ0n) is 15.4. The number of rotatable bonds is 5. The van der Waals surface area contributed by atoms with Crippen LogP contribution in [0.25, 0.3) is 16.9 Å². The van der Waals surface area contributed by atoms with Crippen LogP contribution >= 0.6 is 11.6 Å². The first-order valence-corrected chi connectivity index (χ1v) is 8.51. The van der Waals surface area contributed by atoms with Crippen LogP contribution in [0.5, 0.6) is 11.5 Å². The van der Waals surface area contributed by atoms with Crippen LogP contribution in [-0.2, 0) is 4.74 Å². The molecular formula is C20H16ClN3O4. The van der Waals surface area contributed by atoms with Crippen LogP contribution in [0.15, 0.2) is 42.5 Å². The summed E-state index contributed by atoms with van der Waals surface area (Å²) in [6, 6.07) is 13.8. The fourth-order valence-corrected chi connectivity index (χ4v) is 3.01. The van der Waals surface area contributed by atoms with Crippen molar-refractivity contribution in [2.24, 2.45) is 0 Å². The SMILES string of the molecule is COC(=O)c1cc(-c2c(OC)cccc2OC)n(-c2ccc(C#N)c(Cl)c2)n1. The Labute approximate surface area is 166 Å². The minimum absolute atomic E-state index is 0.103. The van der Waals surface area contributed by atoms with E-state index in [1.807, 2.05) is 6.07 Å². The van der Waals surface area contributed by atoms with Crippen LogP contribution in [0.3, 0.4) is 0 Å². The van der Waals surface area contributed by atoms with Crippen LogP contribution in [0.1, 0.15) is 16.1 Å². The molecule has 0 atom stereocenters. The van der Waals surface area contributed by atoms with Gasteiger partial charge in [-0.05, 0) is 36.4 Å². The number of methoxy groups -OCH3 is 3. The van der Waals surface area contributed by atoms with Crippen LogP contribution in [0, 0.1) is 11.3 Å². The molecule has 0 saturated heterocycles. The number of halogens is 1. The Kier molecular flexibility index (Phi) is 5.52. The molecule has 3 rings (SSSR count). The topological polar surface area (TPSA) is 86.4 Å². The highest BCUT2D eigenvalue weighted by molar-refractivity contribution is 6.31. The molecule has 28 heavy (non-hydrogen) atoms. The predicted octanol–water partition coefficient (Wildman–Crippen LogP) is 3.87. The summed E-state index contributed by atoms with van der Waals surface area (Å²) < 4.78 is 17.3. The maximum Gasteiger partial charge on any atom is 0.358 e. The van der Waals surface area contributed by atoms with E-state index in [4.69, 9.17) is 31.1 Å². The molecule has 0 unspecified atom stereocenters. The monoisotopic (exact) mass is 397 g/mol. The van der Waals surface area contributed by atoms with E-state index < -0.39 is 5.97 Å². The number of benzene rings is 2. The lowest BCUT2D eigenvalue weighted by Gasteiger charge is -2.15. The van der Waals surface area contributed by atoms with Gasteiger partial charge in [-0.2, -0.15) is 10.4 Å². The van der Waals surface area contributed by atoms with Gasteiger partial charge < -0.3 is 14.2 Å². The second-order valence-corrected chi connectivity index (χ2v) is 6.04. The summed E-state index contributed by atoms with van der Waals surface area (Å²) in [6.07, 6.45) is 0. The lowest BCUT2D eigenvalue weighted by Crippen LogP contribution is -2.05. The number of ether oxygens (including phenoxy) is 3. The third-order valence-electron chi connectivity index (χ3n) is 4.11. The predicted molar refractivity (Wildman–Crippen MR) is 103 cm³/mol. The van der Waals surface area contributed by atoms with Crippen LogP contribution < -0.4 is 9.47 Å². The molecule has 0 aliphatic heterocycles. The normalized spacial score (nSPS) is 10.2. The van der Waals surface area contributed by atoms with E-state index in [0.29, 0.717) is 34.0 Å². The van der Waals surface area contributed by atoms with Gasteiger partial charge in [-0.3, -0.25) is 0 Å². The van der Waals surface area contributed by atoms with Gasteiger partial charge in [-0.1, -0.05) is 17.7 Å². The second kappa shape index (κ2) is 8.03. The number of nitriles is 1. The highest BCUT2D eigenvalue weighted by Gasteiger charge is 2.22. The summed E-state index contributed by atoms with van der Waals surface area (Å²) in [6.45, 7) is 0. The molecule has 0 aliphatic rings. The summed E-state index contributed by atoms with van der Waals surface area (Å²) in [5.41, 5.74) is 2.14. The van der Waals surface area contributed by atoms with Gasteiger partial charge in [-0.25, -0.2) is 9.48 Å². The first kappa shape index (κ1) is 19.3. The maximum atomic E-state index is 12.1. The van der Waals surface area contributed by atoms with Crippen molar-refractivity contribution in [2.45, 2.75) is 0 Å². The van der Waals surface area contributed by atoms with E-state index in [1.54, 1.807) is 56.7 Å². The Balaban J connectivity index is 2.31. The number of carbonyl (C=O) groups is 1. The van der Waals surface area contributed by atoms with Gasteiger partial charge in [-0.15, -0.1) is 0 Å². The zero-order valence-corrected chi connectivity index (χ0v) is 16.1. The van der Waals surface area contributed by atoms with Gasteiger partial charge in [0.15, 0.2) is 5.69 Å². The summed E-state index contributed by atoms with van der Waals surface area (Å²) in [7, 11) is 4.36. The fraction of sp³-hybridized carbons (Fsp3) is 0.150. The fourth-order valence-electron chi connectivity index (χ4n) is 2.79. The van der Waals surface area contributed by atoms with Crippen molar-refractivity contribution in [2.75, 3.05) is 21.3 Å². The standard InChI is InChI=1S/C20H16ClN3O4/c1-26-17-5-4-6-18(27-2)19(17)16-10-15(20(25)28-3)23-24(16)13-8-7-12(11-22)14(21)9-13/h4-10H,1-3H3. The van der Waals surface area contributed by atoms with E-state index in [1.165, 1.54) is 11.8 Å². The average Bonchev–Trinajstić information content (AvgIpc) is 3.17. The Hall–Kier alpha value is -3.50. The molecule has 0 radical (unpaired) electrons. The Bertz CT molecular complexity index is 1060.